The van der Waals surface area contributed by atoms with E-state index in [1.165, 1.54) is 4.90 Å². The predicted octanol–water partition coefficient (Wildman–Crippen LogP) is 5.23. The average Bonchev–Trinajstić information content (AvgIpc) is 3.10. The number of hydrogen-bond acceptors (Lipinski definition) is 5. The van der Waals surface area contributed by atoms with Gasteiger partial charge in [-0.25, -0.2) is 0 Å². The third-order valence-electron chi connectivity index (χ3n) is 5.97. The molecule has 6 nitrogen and oxygen atoms in total. The minimum Gasteiger partial charge on any atom is -0.507 e. The monoisotopic (exact) mass is 456 g/mol. The smallest absolute Gasteiger partial charge is 0.295 e. The van der Waals surface area contributed by atoms with Crippen molar-refractivity contribution in [1.82, 2.24) is 9.88 Å². The lowest BCUT2D eigenvalue weighted by Crippen LogP contribution is -2.29. The Morgan fingerprint density at radius 3 is 2.35 bits per heavy atom. The summed E-state index contributed by atoms with van der Waals surface area (Å²) in [4.78, 5) is 32.0. The molecule has 1 fully saturated rings. The number of aliphatic hydroxyl groups excluding tert-OH is 1. The van der Waals surface area contributed by atoms with Crippen LogP contribution in [0, 0.1) is 0 Å². The van der Waals surface area contributed by atoms with Gasteiger partial charge in [0.25, 0.3) is 11.7 Å². The molecule has 0 spiro atoms. The molecule has 3 aromatic rings. The van der Waals surface area contributed by atoms with Crippen molar-refractivity contribution in [2.75, 3.05) is 6.61 Å². The van der Waals surface area contributed by atoms with Crippen LogP contribution in [0.2, 0.25) is 0 Å². The van der Waals surface area contributed by atoms with Crippen molar-refractivity contribution in [3.05, 3.63) is 101 Å². The van der Waals surface area contributed by atoms with Gasteiger partial charge in [0.15, 0.2) is 0 Å². The van der Waals surface area contributed by atoms with E-state index in [-0.39, 0.29) is 17.9 Å². The normalized spacial score (nSPS) is 17.4. The molecule has 6 heteroatoms. The summed E-state index contributed by atoms with van der Waals surface area (Å²) in [5.41, 5.74) is 3.25. The predicted molar refractivity (Wildman–Crippen MR) is 130 cm³/mol. The maximum atomic E-state index is 13.2. The minimum atomic E-state index is -0.715. The number of nitrogens with zero attached hydrogens (tertiary/aromatic N) is 2. The molecule has 174 valence electrons. The van der Waals surface area contributed by atoms with Crippen LogP contribution in [0.5, 0.6) is 5.75 Å². The zero-order valence-corrected chi connectivity index (χ0v) is 19.6. The van der Waals surface area contributed by atoms with Crippen molar-refractivity contribution in [2.45, 2.75) is 39.3 Å². The maximum absolute atomic E-state index is 13.2. The van der Waals surface area contributed by atoms with Crippen molar-refractivity contribution in [3.8, 4) is 5.75 Å². The number of Topliss-reactive ketones (excluding diaryl/α,β-unsaturated/α-hetero) is 1. The second-order valence-electron chi connectivity index (χ2n) is 8.57. The fourth-order valence-electron chi connectivity index (χ4n) is 4.17. The van der Waals surface area contributed by atoms with E-state index in [1.807, 2.05) is 37.3 Å². The van der Waals surface area contributed by atoms with Crippen LogP contribution in [0.25, 0.3) is 5.76 Å². The topological polar surface area (TPSA) is 79.7 Å². The second-order valence-corrected chi connectivity index (χ2v) is 8.57. The van der Waals surface area contributed by atoms with E-state index < -0.39 is 17.7 Å². The highest BCUT2D eigenvalue weighted by molar-refractivity contribution is 6.46. The van der Waals surface area contributed by atoms with E-state index in [0.717, 1.165) is 16.7 Å². The number of carbonyl (C=O) groups excluding carboxylic acids is 2. The first-order valence-electron chi connectivity index (χ1n) is 11.4. The summed E-state index contributed by atoms with van der Waals surface area (Å²) in [6, 6.07) is 17.6. The molecule has 1 atom stereocenters. The Morgan fingerprint density at radius 1 is 1.06 bits per heavy atom. The lowest BCUT2D eigenvalue weighted by molar-refractivity contribution is -0.140. The van der Waals surface area contributed by atoms with Crippen molar-refractivity contribution < 1.29 is 19.4 Å². The van der Waals surface area contributed by atoms with Gasteiger partial charge < -0.3 is 14.7 Å². The fraction of sp³-hybridized carbons (Fsp3) is 0.250. The van der Waals surface area contributed by atoms with Gasteiger partial charge in [0.1, 0.15) is 11.5 Å². The number of pyridine rings is 1. The summed E-state index contributed by atoms with van der Waals surface area (Å²) >= 11 is 0. The first kappa shape index (κ1) is 23.2. The van der Waals surface area contributed by atoms with E-state index in [9.17, 15) is 14.7 Å². The molecule has 4 rings (SSSR count). The number of ketones is 1. The van der Waals surface area contributed by atoms with E-state index in [4.69, 9.17) is 4.74 Å². The Morgan fingerprint density at radius 2 is 1.76 bits per heavy atom. The highest BCUT2D eigenvalue weighted by atomic mass is 16.5. The highest BCUT2D eigenvalue weighted by Crippen LogP contribution is 2.40. The SMILES string of the molecule is CCOc1ccc(C(O)=C2C(=O)C(=O)N(Cc3cccnc3)[C@H]2c2ccc(C(C)C)cc2)cc1. The van der Waals surface area contributed by atoms with Gasteiger partial charge in [-0.05, 0) is 59.9 Å². The lowest BCUT2D eigenvalue weighted by Gasteiger charge is -2.25. The summed E-state index contributed by atoms with van der Waals surface area (Å²) in [5.74, 6) is -0.535. The number of amides is 1. The number of ether oxygens (including phenoxy) is 1. The second kappa shape index (κ2) is 9.91. The van der Waals surface area contributed by atoms with Crippen LogP contribution in [0.15, 0.2) is 78.6 Å². The van der Waals surface area contributed by atoms with Crippen LogP contribution in [-0.2, 0) is 16.1 Å². The van der Waals surface area contributed by atoms with Crippen molar-refractivity contribution >= 4 is 17.4 Å². The van der Waals surface area contributed by atoms with Crippen molar-refractivity contribution in [3.63, 3.8) is 0 Å². The van der Waals surface area contributed by atoms with E-state index >= 15 is 0 Å². The number of rotatable bonds is 7. The number of aromatic nitrogens is 1. The molecule has 0 unspecified atom stereocenters. The van der Waals surface area contributed by atoms with Crippen LogP contribution in [-0.4, -0.2) is 33.3 Å². The molecule has 1 aromatic heterocycles. The zero-order valence-electron chi connectivity index (χ0n) is 19.6. The third kappa shape index (κ3) is 4.57. The highest BCUT2D eigenvalue weighted by Gasteiger charge is 2.46. The number of aliphatic hydroxyl groups is 1. The third-order valence-corrected chi connectivity index (χ3v) is 5.97. The van der Waals surface area contributed by atoms with Crippen LogP contribution >= 0.6 is 0 Å². The van der Waals surface area contributed by atoms with Crippen molar-refractivity contribution in [2.24, 2.45) is 0 Å². The van der Waals surface area contributed by atoms with E-state index in [0.29, 0.717) is 23.8 Å². The Labute approximate surface area is 199 Å². The Kier molecular flexibility index (Phi) is 6.77. The minimum absolute atomic E-state index is 0.0790. The maximum Gasteiger partial charge on any atom is 0.295 e. The van der Waals surface area contributed by atoms with Crippen LogP contribution < -0.4 is 4.74 Å². The first-order valence-corrected chi connectivity index (χ1v) is 11.4. The van der Waals surface area contributed by atoms with Crippen LogP contribution in [0.3, 0.4) is 0 Å². The van der Waals surface area contributed by atoms with Gasteiger partial charge in [0, 0.05) is 24.5 Å². The van der Waals surface area contributed by atoms with Gasteiger partial charge in [-0.2, -0.15) is 0 Å². The van der Waals surface area contributed by atoms with E-state index in [2.05, 4.69) is 18.8 Å². The molecular weight excluding hydrogens is 428 g/mol. The summed E-state index contributed by atoms with van der Waals surface area (Å²) in [5, 5.41) is 11.2. The lowest BCUT2D eigenvalue weighted by atomic mass is 9.93. The summed E-state index contributed by atoms with van der Waals surface area (Å²) in [6.07, 6.45) is 3.33. The van der Waals surface area contributed by atoms with Gasteiger partial charge >= 0.3 is 0 Å². The molecule has 0 saturated carbocycles. The average molecular weight is 457 g/mol. The molecule has 1 amide bonds. The molecule has 0 bridgehead atoms. The van der Waals surface area contributed by atoms with Gasteiger partial charge in [-0.1, -0.05) is 44.2 Å². The van der Waals surface area contributed by atoms with Gasteiger partial charge in [-0.3, -0.25) is 14.6 Å². The molecule has 2 aromatic carbocycles. The first-order chi connectivity index (χ1) is 16.4. The molecule has 0 radical (unpaired) electrons. The Bertz CT molecular complexity index is 1200. The fourth-order valence-corrected chi connectivity index (χ4v) is 4.17. The molecular formula is C28H28N2O4. The van der Waals surface area contributed by atoms with Gasteiger partial charge in [0.2, 0.25) is 0 Å². The van der Waals surface area contributed by atoms with Crippen LogP contribution in [0.4, 0.5) is 0 Å². The summed E-state index contributed by atoms with van der Waals surface area (Å²) in [7, 11) is 0. The Balaban J connectivity index is 1.81. The molecule has 1 aliphatic heterocycles. The molecule has 1 N–H and O–H groups in total. The quantitative estimate of drug-likeness (QED) is 0.299. The number of benzene rings is 2. The van der Waals surface area contributed by atoms with Crippen LogP contribution in [0.1, 0.15) is 55.0 Å². The standard InChI is InChI=1S/C28H28N2O4/c1-4-34-23-13-11-22(12-14-23)26(31)24-25(21-9-7-20(8-10-21)18(2)3)30(28(33)27(24)32)17-19-6-5-15-29-16-19/h5-16,18,25,31H,4,17H2,1-3H3/t25-/m0/s1. The molecule has 34 heavy (non-hydrogen) atoms. The largest absolute Gasteiger partial charge is 0.507 e. The van der Waals surface area contributed by atoms with E-state index in [1.54, 1.807) is 42.7 Å². The molecule has 1 saturated heterocycles. The van der Waals surface area contributed by atoms with Crippen molar-refractivity contribution in [1.29, 1.82) is 0 Å². The zero-order chi connectivity index (χ0) is 24.2. The molecule has 1 aliphatic rings. The molecule has 2 heterocycles. The Hall–Kier alpha value is -3.93. The molecule has 0 aliphatic carbocycles. The number of hydrogen-bond donors (Lipinski definition) is 1. The van der Waals surface area contributed by atoms with Gasteiger partial charge in [-0.15, -0.1) is 0 Å². The number of likely N-dealkylation sites (tertiary alicyclic amines) is 1. The summed E-state index contributed by atoms with van der Waals surface area (Å²) in [6.45, 7) is 6.83. The van der Waals surface area contributed by atoms with Gasteiger partial charge in [0.05, 0.1) is 18.2 Å². The summed E-state index contributed by atoms with van der Waals surface area (Å²) < 4.78 is 5.48. The number of carbonyl (C=O) groups is 2.